The normalized spacial score (nSPS) is 15.7. The number of carbonyl (C=O) groups excluding carboxylic acids is 2. The lowest BCUT2D eigenvalue weighted by atomic mass is 9.92. The lowest BCUT2D eigenvalue weighted by molar-refractivity contribution is -0.137. The lowest BCUT2D eigenvalue weighted by Gasteiger charge is -2.40. The minimum Gasteiger partial charge on any atom is -0.298 e. The van der Waals surface area contributed by atoms with E-state index in [0.29, 0.717) is 42.9 Å². The van der Waals surface area contributed by atoms with E-state index in [-0.39, 0.29) is 30.6 Å². The van der Waals surface area contributed by atoms with Gasteiger partial charge in [0.25, 0.3) is 0 Å². The number of nitrogens with zero attached hydrogens (tertiary/aromatic N) is 3. The quantitative estimate of drug-likeness (QED) is 0.354. The van der Waals surface area contributed by atoms with Gasteiger partial charge in [-0.25, -0.2) is 4.98 Å². The predicted octanol–water partition coefficient (Wildman–Crippen LogP) is 6.17. The van der Waals surface area contributed by atoms with Gasteiger partial charge >= 0.3 is 6.18 Å². The van der Waals surface area contributed by atoms with E-state index in [9.17, 15) is 22.8 Å². The number of pyridine rings is 1. The summed E-state index contributed by atoms with van der Waals surface area (Å²) in [5, 5.41) is 0. The second-order valence-electron chi connectivity index (χ2n) is 9.83. The Morgan fingerprint density at radius 3 is 2.32 bits per heavy atom. The molecule has 0 saturated carbocycles. The fraction of sp³-hybridized carbons (Fsp3) is 0.367. The number of rotatable bonds is 8. The van der Waals surface area contributed by atoms with Gasteiger partial charge in [0.1, 0.15) is 5.82 Å². The van der Waals surface area contributed by atoms with Crippen molar-refractivity contribution in [2.24, 2.45) is 0 Å². The highest BCUT2D eigenvalue weighted by molar-refractivity contribution is 5.91. The third-order valence-electron chi connectivity index (χ3n) is 7.01. The standard InChI is InChI=1S/C30H32F3N3O2/c1-21-18-23(20-25(19-21)30(31,32)33)11-12-27(38)29(24-8-4-3-5-9-24)35-16-13-26(14-17-35)36(22(2)37)28-10-6-7-15-34-28/h3-10,15,18-20,26,29H,11-14,16-17H2,1-2H3. The number of aromatic nitrogens is 1. The molecule has 0 N–H and O–H groups in total. The Balaban J connectivity index is 1.49. The SMILES string of the molecule is CC(=O)N(c1ccccn1)C1CCN(C(C(=O)CCc2cc(C)cc(C(F)(F)F)c2)c2ccccc2)CC1. The van der Waals surface area contributed by atoms with Crippen LogP contribution in [0.5, 0.6) is 0 Å². The van der Waals surface area contributed by atoms with Crippen LogP contribution >= 0.6 is 0 Å². The maximum absolute atomic E-state index is 13.6. The van der Waals surface area contributed by atoms with Crippen molar-refractivity contribution >= 4 is 17.5 Å². The number of hydrogen-bond donors (Lipinski definition) is 0. The molecule has 2 heterocycles. The number of amides is 1. The number of aryl methyl sites for hydroxylation is 2. The van der Waals surface area contributed by atoms with Crippen molar-refractivity contribution in [1.82, 2.24) is 9.88 Å². The molecule has 5 nitrogen and oxygen atoms in total. The first-order chi connectivity index (χ1) is 18.1. The topological polar surface area (TPSA) is 53.5 Å². The van der Waals surface area contributed by atoms with Crippen LogP contribution in [0, 0.1) is 6.92 Å². The molecule has 0 radical (unpaired) electrons. The minimum atomic E-state index is -4.43. The largest absolute Gasteiger partial charge is 0.416 e. The lowest BCUT2D eigenvalue weighted by Crippen LogP contribution is -2.49. The maximum atomic E-state index is 13.6. The van der Waals surface area contributed by atoms with E-state index in [1.165, 1.54) is 6.92 Å². The van der Waals surface area contributed by atoms with Crippen molar-refractivity contribution < 1.29 is 22.8 Å². The molecule has 1 amide bonds. The molecule has 1 fully saturated rings. The molecule has 0 spiro atoms. The number of halogens is 3. The van der Waals surface area contributed by atoms with Crippen LogP contribution in [0.4, 0.5) is 19.0 Å². The Hall–Kier alpha value is -3.52. The van der Waals surface area contributed by atoms with Crippen LogP contribution in [0.15, 0.2) is 72.9 Å². The summed E-state index contributed by atoms with van der Waals surface area (Å²) in [7, 11) is 0. The molecule has 38 heavy (non-hydrogen) atoms. The first-order valence-corrected chi connectivity index (χ1v) is 12.8. The first kappa shape index (κ1) is 27.5. The Bertz CT molecular complexity index is 1240. The van der Waals surface area contributed by atoms with Gasteiger partial charge < -0.3 is 0 Å². The average Bonchev–Trinajstić information content (AvgIpc) is 2.89. The van der Waals surface area contributed by atoms with E-state index in [0.717, 1.165) is 17.7 Å². The molecular weight excluding hydrogens is 491 g/mol. The average molecular weight is 524 g/mol. The van der Waals surface area contributed by atoms with Crippen molar-refractivity contribution in [3.05, 3.63) is 95.2 Å². The zero-order valence-electron chi connectivity index (χ0n) is 21.6. The molecule has 200 valence electrons. The molecule has 1 unspecified atom stereocenters. The van der Waals surface area contributed by atoms with Crippen molar-refractivity contribution in [3.8, 4) is 0 Å². The number of hydrogen-bond acceptors (Lipinski definition) is 4. The number of benzene rings is 2. The Morgan fingerprint density at radius 1 is 1.03 bits per heavy atom. The second-order valence-corrected chi connectivity index (χ2v) is 9.83. The van der Waals surface area contributed by atoms with E-state index in [4.69, 9.17) is 0 Å². The number of alkyl halides is 3. The van der Waals surface area contributed by atoms with Crippen LogP contribution in [-0.4, -0.2) is 40.7 Å². The summed E-state index contributed by atoms with van der Waals surface area (Å²) in [5.41, 5.74) is 1.20. The highest BCUT2D eigenvalue weighted by atomic mass is 19.4. The maximum Gasteiger partial charge on any atom is 0.416 e. The minimum absolute atomic E-state index is 0.0294. The van der Waals surface area contributed by atoms with Crippen molar-refractivity contribution in [3.63, 3.8) is 0 Å². The van der Waals surface area contributed by atoms with Gasteiger partial charge in [-0.2, -0.15) is 13.2 Å². The third-order valence-corrected chi connectivity index (χ3v) is 7.01. The molecule has 8 heteroatoms. The van der Waals surface area contributed by atoms with E-state index in [2.05, 4.69) is 9.88 Å². The van der Waals surface area contributed by atoms with Crippen LogP contribution in [-0.2, 0) is 22.2 Å². The second kappa shape index (κ2) is 11.9. The molecule has 1 aliphatic heterocycles. The molecule has 0 bridgehead atoms. The van der Waals surface area contributed by atoms with E-state index >= 15 is 0 Å². The molecule has 1 atom stereocenters. The number of carbonyl (C=O) groups is 2. The fourth-order valence-corrected chi connectivity index (χ4v) is 5.31. The third kappa shape index (κ3) is 6.67. The summed E-state index contributed by atoms with van der Waals surface area (Å²) in [6.07, 6.45) is -1.03. The van der Waals surface area contributed by atoms with Gasteiger partial charge in [0, 0.05) is 38.7 Å². The van der Waals surface area contributed by atoms with Gasteiger partial charge in [0.2, 0.25) is 5.91 Å². The number of Topliss-reactive ketones (excluding diaryl/α,β-unsaturated/α-hetero) is 1. The number of likely N-dealkylation sites (tertiary alicyclic amines) is 1. The van der Waals surface area contributed by atoms with E-state index in [1.54, 1.807) is 30.2 Å². The van der Waals surface area contributed by atoms with Gasteiger partial charge in [-0.05, 0) is 61.6 Å². The van der Waals surface area contributed by atoms with Gasteiger partial charge in [-0.1, -0.05) is 48.0 Å². The predicted molar refractivity (Wildman–Crippen MR) is 141 cm³/mol. The zero-order valence-corrected chi connectivity index (χ0v) is 21.6. The summed E-state index contributed by atoms with van der Waals surface area (Å²) < 4.78 is 39.9. The highest BCUT2D eigenvalue weighted by Gasteiger charge is 2.34. The molecule has 1 aliphatic rings. The van der Waals surface area contributed by atoms with Crippen LogP contribution in [0.1, 0.15) is 54.5 Å². The smallest absolute Gasteiger partial charge is 0.298 e. The summed E-state index contributed by atoms with van der Waals surface area (Å²) in [6, 6.07) is 18.4. The molecule has 4 rings (SSSR count). The summed E-state index contributed by atoms with van der Waals surface area (Å²) >= 11 is 0. The summed E-state index contributed by atoms with van der Waals surface area (Å²) in [6.45, 7) is 4.38. The molecule has 1 saturated heterocycles. The van der Waals surface area contributed by atoms with Crippen molar-refractivity contribution in [1.29, 1.82) is 0 Å². The summed E-state index contributed by atoms with van der Waals surface area (Å²) in [5.74, 6) is 0.512. The van der Waals surface area contributed by atoms with Crippen LogP contribution < -0.4 is 4.90 Å². The fourth-order valence-electron chi connectivity index (χ4n) is 5.31. The zero-order chi connectivity index (χ0) is 27.3. The molecule has 3 aromatic rings. The van der Waals surface area contributed by atoms with Crippen LogP contribution in [0.3, 0.4) is 0 Å². The molecular formula is C30H32F3N3O2. The van der Waals surface area contributed by atoms with Crippen LogP contribution in [0.2, 0.25) is 0 Å². The summed E-state index contributed by atoms with van der Waals surface area (Å²) in [4.78, 5) is 34.3. The van der Waals surface area contributed by atoms with Gasteiger partial charge in [0.15, 0.2) is 5.78 Å². The Morgan fingerprint density at radius 2 is 1.71 bits per heavy atom. The Labute approximate surface area is 221 Å². The van der Waals surface area contributed by atoms with E-state index in [1.807, 2.05) is 42.5 Å². The Kier molecular flexibility index (Phi) is 8.62. The number of anilines is 1. The number of piperidine rings is 1. The van der Waals surface area contributed by atoms with Crippen molar-refractivity contribution in [2.75, 3.05) is 18.0 Å². The van der Waals surface area contributed by atoms with Crippen molar-refractivity contribution in [2.45, 2.75) is 57.8 Å². The van der Waals surface area contributed by atoms with Gasteiger partial charge in [-0.15, -0.1) is 0 Å². The van der Waals surface area contributed by atoms with Gasteiger partial charge in [-0.3, -0.25) is 19.4 Å². The van der Waals surface area contributed by atoms with E-state index < -0.39 is 17.8 Å². The van der Waals surface area contributed by atoms with Crippen LogP contribution in [0.25, 0.3) is 0 Å². The van der Waals surface area contributed by atoms with Gasteiger partial charge in [0.05, 0.1) is 11.6 Å². The molecule has 2 aromatic carbocycles. The first-order valence-electron chi connectivity index (χ1n) is 12.8. The molecule has 0 aliphatic carbocycles. The number of ketones is 1. The monoisotopic (exact) mass is 523 g/mol. The molecule has 1 aromatic heterocycles. The highest BCUT2D eigenvalue weighted by Crippen LogP contribution is 2.32.